The maximum Gasteiger partial charge on any atom is 0.317 e. The normalized spacial score (nSPS) is 54.8. The Morgan fingerprint density at radius 3 is 2.18 bits per heavy atom. The Balaban J connectivity index is 1.01. The highest BCUT2D eigenvalue weighted by Gasteiger charge is 2.79. The molecule has 0 amide bonds. The molecule has 0 radical (unpaired) electrons. The molecule has 3 saturated heterocycles. The first-order valence-electron chi connectivity index (χ1n) is 22.5. The average molecular weight is 867 g/mol. The second-order valence-corrected chi connectivity index (χ2v) is 22.0. The molecule has 16 nitrogen and oxygen atoms in total. The van der Waals surface area contributed by atoms with Crippen molar-refractivity contribution in [2.75, 3.05) is 19.8 Å². The number of aliphatic carboxylic acids is 1. The molecule has 3 heterocycles. The van der Waals surface area contributed by atoms with Crippen molar-refractivity contribution in [1.82, 2.24) is 0 Å². The van der Waals surface area contributed by atoms with Gasteiger partial charge in [0.15, 0.2) is 12.6 Å². The van der Waals surface area contributed by atoms with E-state index in [0.717, 1.165) is 38.5 Å². The van der Waals surface area contributed by atoms with Crippen molar-refractivity contribution in [2.24, 2.45) is 50.2 Å². The highest BCUT2D eigenvalue weighted by molar-refractivity contribution is 5.90. The van der Waals surface area contributed by atoms with Gasteiger partial charge in [-0.1, -0.05) is 53.7 Å². The van der Waals surface area contributed by atoms with Crippen LogP contribution in [0.2, 0.25) is 0 Å². The van der Waals surface area contributed by atoms with Crippen molar-refractivity contribution in [3.63, 3.8) is 0 Å². The minimum absolute atomic E-state index is 0.00846. The first-order chi connectivity index (χ1) is 28.4. The van der Waals surface area contributed by atoms with Gasteiger partial charge in [0.05, 0.1) is 37.1 Å². The monoisotopic (exact) mass is 866 g/mol. The van der Waals surface area contributed by atoms with Gasteiger partial charge in [0.25, 0.3) is 0 Å². The molecule has 4 saturated carbocycles. The molecule has 1 spiro atoms. The minimum Gasteiger partial charge on any atom is -0.481 e. The Kier molecular flexibility index (Phi) is 11.6. The first kappa shape index (κ1) is 45.8. The number of rotatable bonds is 9. The van der Waals surface area contributed by atoms with Gasteiger partial charge in [-0.2, -0.15) is 0 Å². The molecule has 0 aromatic heterocycles. The molecule has 0 aromatic rings. The lowest BCUT2D eigenvalue weighted by atomic mass is 9.32. The fourth-order valence-corrected chi connectivity index (χ4v) is 14.6. The Hall–Kier alpha value is -1.80. The number of fused-ring (bicyclic) bond motifs is 4. The molecule has 0 aromatic carbocycles. The summed E-state index contributed by atoms with van der Waals surface area (Å²) in [5.41, 5.74) is -2.16. The SMILES string of the molecule is C[C@H]1O[C@@H](O[C@H]2CC[C@@]3(C)[C@@H](CC[C@]4(C)[C@@H]3C=C[C@]35OC[C@@]6(CCC(C)(C)C[C@@H]63)[C@H](O)C[C@]54C)[C@]2(C)CO)[C@H](O)[C@@H](O[C@@H]2O[C@H](COC(=O)CC(=O)O)[C@@H](O)[C@H](O)[C@H]2O)[C@H]1O. The molecule has 0 unspecified atom stereocenters. The molecule has 2 bridgehead atoms. The van der Waals surface area contributed by atoms with Crippen molar-refractivity contribution in [3.05, 3.63) is 12.2 Å². The molecule has 61 heavy (non-hydrogen) atoms. The highest BCUT2D eigenvalue weighted by Crippen LogP contribution is 2.79. The fourth-order valence-electron chi connectivity index (χ4n) is 14.6. The van der Waals surface area contributed by atoms with E-state index in [-0.39, 0.29) is 51.4 Å². The van der Waals surface area contributed by atoms with E-state index < -0.39 is 110 Å². The van der Waals surface area contributed by atoms with Gasteiger partial charge in [0.1, 0.15) is 55.8 Å². The molecule has 346 valence electrons. The summed E-state index contributed by atoms with van der Waals surface area (Å²) in [5, 5.41) is 87.3. The van der Waals surface area contributed by atoms with E-state index in [1.54, 1.807) is 6.92 Å². The number of allylic oxidation sites excluding steroid dienone is 1. The Labute approximate surface area is 357 Å². The summed E-state index contributed by atoms with van der Waals surface area (Å²) < 4.78 is 36.3. The van der Waals surface area contributed by atoms with Gasteiger partial charge in [-0.25, -0.2) is 0 Å². The number of hydrogen-bond donors (Lipinski definition) is 8. The van der Waals surface area contributed by atoms with Crippen molar-refractivity contribution in [1.29, 1.82) is 0 Å². The predicted molar refractivity (Wildman–Crippen MR) is 213 cm³/mol. The Morgan fingerprint density at radius 2 is 1.49 bits per heavy atom. The Bertz CT molecular complexity index is 1730. The van der Waals surface area contributed by atoms with Gasteiger partial charge in [0, 0.05) is 22.2 Å². The third-order valence-electron chi connectivity index (χ3n) is 18.4. The van der Waals surface area contributed by atoms with E-state index in [4.69, 9.17) is 33.5 Å². The van der Waals surface area contributed by atoms with Crippen LogP contribution in [0.5, 0.6) is 0 Å². The number of carbonyl (C=O) groups excluding carboxylic acids is 1. The smallest absolute Gasteiger partial charge is 0.317 e. The number of carboxylic acid groups (broad SMARTS) is 1. The summed E-state index contributed by atoms with van der Waals surface area (Å²) >= 11 is 0. The number of carbonyl (C=O) groups is 2. The second kappa shape index (κ2) is 15.4. The largest absolute Gasteiger partial charge is 0.481 e. The van der Waals surface area contributed by atoms with Crippen molar-refractivity contribution < 1.29 is 78.9 Å². The van der Waals surface area contributed by atoms with Gasteiger partial charge in [-0.05, 0) is 86.4 Å². The molecule has 7 fully saturated rings. The van der Waals surface area contributed by atoms with Crippen LogP contribution in [0, 0.1) is 50.2 Å². The summed E-state index contributed by atoms with van der Waals surface area (Å²) in [7, 11) is 0. The zero-order valence-electron chi connectivity index (χ0n) is 36.6. The zero-order chi connectivity index (χ0) is 44.5. The summed E-state index contributed by atoms with van der Waals surface area (Å²) in [4.78, 5) is 22.7. The number of hydrogen-bond acceptors (Lipinski definition) is 15. The van der Waals surface area contributed by atoms with Crippen LogP contribution < -0.4 is 0 Å². The summed E-state index contributed by atoms with van der Waals surface area (Å²) in [6.07, 6.45) is -6.06. The maximum absolute atomic E-state index is 12.2. The van der Waals surface area contributed by atoms with Crippen LogP contribution in [0.4, 0.5) is 0 Å². The molecule has 8 rings (SSSR count). The van der Waals surface area contributed by atoms with Gasteiger partial charge in [-0.3, -0.25) is 9.59 Å². The molecule has 5 aliphatic carbocycles. The van der Waals surface area contributed by atoms with Crippen molar-refractivity contribution in [3.8, 4) is 0 Å². The van der Waals surface area contributed by atoms with Crippen LogP contribution in [-0.2, 0) is 38.0 Å². The van der Waals surface area contributed by atoms with Crippen LogP contribution in [0.25, 0.3) is 0 Å². The quantitative estimate of drug-likeness (QED) is 0.0712. The first-order valence-corrected chi connectivity index (χ1v) is 22.5. The van der Waals surface area contributed by atoms with E-state index in [1.165, 1.54) is 0 Å². The summed E-state index contributed by atoms with van der Waals surface area (Å²) in [6, 6.07) is 0. The third-order valence-corrected chi connectivity index (χ3v) is 18.4. The standard InChI is InChI=1S/C45H70O16/c1-22-31(51)36(61-37-34(54)33(53)32(52)23(59-37)19-56-30(50)16-29(48)49)35(55)38(58-22)60-28-10-11-40(4)24(41(28,5)20-46)8-12-42(6)25(40)9-13-45-26-17-39(2,3)14-15-44(26,21-57-45)27(47)18-43(42,45)7/h9,13,22-28,31-38,46-47,51-55H,8,10-12,14-21H2,1-7H3,(H,48,49)/t22-,23-,24-,25-,26+,27-,28+,31+,32-,33+,34-,35-,36+,37+,38+,40+,41+,42-,43+,44-,45+/m1/s1. The van der Waals surface area contributed by atoms with Crippen molar-refractivity contribution in [2.45, 2.75) is 185 Å². The number of aliphatic hydroxyl groups is 7. The van der Waals surface area contributed by atoms with Crippen LogP contribution in [0.3, 0.4) is 0 Å². The topological polar surface area (TPSA) is 251 Å². The van der Waals surface area contributed by atoms with Gasteiger partial charge < -0.3 is 69.3 Å². The number of esters is 1. The van der Waals surface area contributed by atoms with Crippen LogP contribution in [0.1, 0.15) is 106 Å². The molecular formula is C45H70O16. The second-order valence-electron chi connectivity index (χ2n) is 22.0. The lowest BCUT2D eigenvalue weighted by Crippen LogP contribution is -2.72. The lowest BCUT2D eigenvalue weighted by molar-refractivity contribution is -0.367. The van der Waals surface area contributed by atoms with Gasteiger partial charge in [-0.15, -0.1) is 0 Å². The maximum atomic E-state index is 12.2. The van der Waals surface area contributed by atoms with E-state index in [2.05, 4.69) is 46.8 Å². The van der Waals surface area contributed by atoms with E-state index in [9.17, 15) is 45.3 Å². The van der Waals surface area contributed by atoms with Crippen LogP contribution >= 0.6 is 0 Å². The highest BCUT2D eigenvalue weighted by atomic mass is 16.7. The third kappa shape index (κ3) is 6.65. The molecule has 21 atom stereocenters. The van der Waals surface area contributed by atoms with E-state index in [1.807, 2.05) is 6.92 Å². The minimum atomic E-state index is -1.86. The summed E-state index contributed by atoms with van der Waals surface area (Å²) in [5.74, 6) is -2.21. The lowest BCUT2D eigenvalue weighted by Gasteiger charge is -2.73. The summed E-state index contributed by atoms with van der Waals surface area (Å²) in [6.45, 7) is 15.1. The van der Waals surface area contributed by atoms with Crippen LogP contribution in [0.15, 0.2) is 12.2 Å². The fraction of sp³-hybridized carbons (Fsp3) is 0.911. The van der Waals surface area contributed by atoms with Gasteiger partial charge >= 0.3 is 11.9 Å². The van der Waals surface area contributed by atoms with E-state index >= 15 is 0 Å². The van der Waals surface area contributed by atoms with Crippen LogP contribution in [-0.4, -0.2) is 152 Å². The molecule has 8 N–H and O–H groups in total. The van der Waals surface area contributed by atoms with Gasteiger partial charge in [0.2, 0.25) is 0 Å². The number of ether oxygens (including phenoxy) is 6. The number of aliphatic hydroxyl groups excluding tert-OH is 7. The Morgan fingerprint density at radius 1 is 0.787 bits per heavy atom. The average Bonchev–Trinajstić information content (AvgIpc) is 3.47. The number of carboxylic acids is 1. The van der Waals surface area contributed by atoms with E-state index in [0.29, 0.717) is 19.4 Å². The predicted octanol–water partition coefficient (Wildman–Crippen LogP) is 1.80. The van der Waals surface area contributed by atoms with Crippen molar-refractivity contribution >= 4 is 11.9 Å². The molecule has 16 heteroatoms. The molecule has 3 aliphatic heterocycles. The zero-order valence-corrected chi connectivity index (χ0v) is 36.6. The molecule has 8 aliphatic rings. The molecular weight excluding hydrogens is 796 g/mol.